The fraction of sp³-hybridized carbons (Fsp3) is 0.381. The average molecular weight is 335 g/mol. The van der Waals surface area contributed by atoms with Crippen molar-refractivity contribution in [1.82, 2.24) is 15.5 Å². The summed E-state index contributed by atoms with van der Waals surface area (Å²) >= 11 is 0. The van der Waals surface area contributed by atoms with E-state index in [4.69, 9.17) is 4.74 Å². The average Bonchev–Trinajstić information content (AvgIpc) is 3.12. The van der Waals surface area contributed by atoms with Crippen LogP contribution < -0.4 is 10.1 Å². The maximum atomic E-state index is 5.95. The summed E-state index contributed by atoms with van der Waals surface area (Å²) in [5.74, 6) is 2.56. The van der Waals surface area contributed by atoms with Crippen molar-refractivity contribution in [3.63, 3.8) is 0 Å². The molecule has 4 rings (SSSR count). The highest BCUT2D eigenvalue weighted by Crippen LogP contribution is 2.25. The van der Waals surface area contributed by atoms with Gasteiger partial charge < -0.3 is 10.1 Å². The van der Waals surface area contributed by atoms with Crippen molar-refractivity contribution in [2.75, 3.05) is 6.54 Å². The quantitative estimate of drug-likeness (QED) is 0.664. The minimum atomic E-state index is 0.831. The molecule has 0 bridgehead atoms. The third-order valence-electron chi connectivity index (χ3n) is 5.06. The monoisotopic (exact) mass is 335 g/mol. The van der Waals surface area contributed by atoms with Gasteiger partial charge in [0.15, 0.2) is 0 Å². The molecule has 0 aliphatic heterocycles. The molecule has 1 fully saturated rings. The van der Waals surface area contributed by atoms with E-state index in [2.05, 4.69) is 27.6 Å². The second-order valence-corrected chi connectivity index (χ2v) is 7.00. The summed E-state index contributed by atoms with van der Waals surface area (Å²) in [5.41, 5.74) is 2.32. The topological polar surface area (TPSA) is 49.9 Å². The number of H-pyrrole nitrogens is 1. The molecule has 2 N–H and O–H groups in total. The molecule has 1 saturated carbocycles. The third-order valence-corrected chi connectivity index (χ3v) is 5.06. The Hall–Kier alpha value is -2.33. The Bertz CT molecular complexity index is 803. The van der Waals surface area contributed by atoms with Crippen molar-refractivity contribution in [2.45, 2.75) is 38.6 Å². The van der Waals surface area contributed by atoms with E-state index in [9.17, 15) is 0 Å². The molecule has 0 spiro atoms. The maximum Gasteiger partial charge on any atom is 0.128 e. The fourth-order valence-corrected chi connectivity index (χ4v) is 3.61. The SMILES string of the molecule is c1cc(Oc2ccc3[nH]ncc3c2)ccc1CNCC1CCCCC1. The van der Waals surface area contributed by atoms with E-state index in [1.807, 2.05) is 36.5 Å². The highest BCUT2D eigenvalue weighted by Gasteiger charge is 2.12. The van der Waals surface area contributed by atoms with Gasteiger partial charge in [0.25, 0.3) is 0 Å². The Balaban J connectivity index is 1.30. The Morgan fingerprint density at radius 2 is 1.80 bits per heavy atom. The number of hydrogen-bond acceptors (Lipinski definition) is 3. The first-order chi connectivity index (χ1) is 12.4. The summed E-state index contributed by atoms with van der Waals surface area (Å²) in [6.45, 7) is 2.07. The van der Waals surface area contributed by atoms with Crippen molar-refractivity contribution in [3.05, 3.63) is 54.2 Å². The van der Waals surface area contributed by atoms with Gasteiger partial charge in [0.05, 0.1) is 11.7 Å². The van der Waals surface area contributed by atoms with E-state index in [1.165, 1.54) is 37.7 Å². The minimum Gasteiger partial charge on any atom is -0.457 e. The molecule has 0 amide bonds. The zero-order valence-corrected chi connectivity index (χ0v) is 14.5. The molecular formula is C21H25N3O. The molecule has 1 aliphatic rings. The molecule has 1 aliphatic carbocycles. The van der Waals surface area contributed by atoms with E-state index in [0.717, 1.165) is 41.4 Å². The molecule has 0 saturated heterocycles. The first kappa shape index (κ1) is 16.2. The van der Waals surface area contributed by atoms with Gasteiger partial charge in [-0.1, -0.05) is 31.4 Å². The van der Waals surface area contributed by atoms with Gasteiger partial charge in [-0.3, -0.25) is 5.10 Å². The lowest BCUT2D eigenvalue weighted by molar-refractivity contribution is 0.342. The second kappa shape index (κ2) is 7.70. The first-order valence-electron chi connectivity index (χ1n) is 9.27. The molecule has 4 nitrogen and oxygen atoms in total. The molecule has 1 aromatic heterocycles. The normalized spacial score (nSPS) is 15.5. The number of fused-ring (bicyclic) bond motifs is 1. The van der Waals surface area contributed by atoms with Gasteiger partial charge in [0.1, 0.15) is 11.5 Å². The van der Waals surface area contributed by atoms with Crippen LogP contribution in [0.1, 0.15) is 37.7 Å². The smallest absolute Gasteiger partial charge is 0.128 e. The summed E-state index contributed by atoms with van der Waals surface area (Å²) in [4.78, 5) is 0. The van der Waals surface area contributed by atoms with Crippen molar-refractivity contribution in [1.29, 1.82) is 0 Å². The van der Waals surface area contributed by atoms with Crippen LogP contribution in [0.5, 0.6) is 11.5 Å². The molecule has 3 aromatic rings. The van der Waals surface area contributed by atoms with Crippen molar-refractivity contribution < 1.29 is 4.74 Å². The summed E-state index contributed by atoms with van der Waals surface area (Å²) < 4.78 is 5.95. The van der Waals surface area contributed by atoms with Crippen LogP contribution in [0, 0.1) is 5.92 Å². The zero-order valence-electron chi connectivity index (χ0n) is 14.5. The Morgan fingerprint density at radius 3 is 2.64 bits per heavy atom. The molecule has 4 heteroatoms. The van der Waals surface area contributed by atoms with E-state index in [1.54, 1.807) is 0 Å². The zero-order chi connectivity index (χ0) is 16.9. The van der Waals surface area contributed by atoms with E-state index in [0.29, 0.717) is 0 Å². The Morgan fingerprint density at radius 1 is 1.00 bits per heavy atom. The Labute approximate surface area is 148 Å². The second-order valence-electron chi connectivity index (χ2n) is 7.00. The lowest BCUT2D eigenvalue weighted by Gasteiger charge is -2.21. The van der Waals surface area contributed by atoms with E-state index >= 15 is 0 Å². The van der Waals surface area contributed by atoms with Crippen LogP contribution in [0.2, 0.25) is 0 Å². The van der Waals surface area contributed by atoms with E-state index in [-0.39, 0.29) is 0 Å². The van der Waals surface area contributed by atoms with Gasteiger partial charge in [0.2, 0.25) is 0 Å². The van der Waals surface area contributed by atoms with Gasteiger partial charge >= 0.3 is 0 Å². The molecule has 1 heterocycles. The third kappa shape index (κ3) is 4.20. The number of aromatic nitrogens is 2. The lowest BCUT2D eigenvalue weighted by Crippen LogP contribution is -2.24. The molecule has 130 valence electrons. The highest BCUT2D eigenvalue weighted by molar-refractivity contribution is 5.79. The number of ether oxygens (including phenoxy) is 1. The Kier molecular flexibility index (Phi) is 4.98. The summed E-state index contributed by atoms with van der Waals surface area (Å²) in [5, 5.41) is 11.6. The number of aromatic amines is 1. The van der Waals surface area contributed by atoms with Crippen molar-refractivity contribution in [3.8, 4) is 11.5 Å². The van der Waals surface area contributed by atoms with E-state index < -0.39 is 0 Å². The number of hydrogen-bond donors (Lipinski definition) is 2. The number of nitrogens with zero attached hydrogens (tertiary/aromatic N) is 1. The summed E-state index contributed by atoms with van der Waals surface area (Å²) in [7, 11) is 0. The summed E-state index contributed by atoms with van der Waals surface area (Å²) in [6.07, 6.45) is 8.82. The molecule has 0 radical (unpaired) electrons. The van der Waals surface area contributed by atoms with Gasteiger partial charge in [0, 0.05) is 11.9 Å². The molecule has 2 aromatic carbocycles. The molecular weight excluding hydrogens is 310 g/mol. The van der Waals surface area contributed by atoms with Gasteiger partial charge in [-0.05, 0) is 61.2 Å². The highest BCUT2D eigenvalue weighted by atomic mass is 16.5. The van der Waals surface area contributed by atoms with Crippen LogP contribution in [0.3, 0.4) is 0 Å². The van der Waals surface area contributed by atoms with Gasteiger partial charge in [-0.25, -0.2) is 0 Å². The standard InChI is InChI=1S/C21H25N3O/c1-2-4-16(5-3-1)13-22-14-17-6-8-19(9-7-17)25-20-10-11-21-18(12-20)15-23-24-21/h6-12,15-16,22H,1-5,13-14H2,(H,23,24). The fourth-order valence-electron chi connectivity index (χ4n) is 3.61. The van der Waals surface area contributed by atoms with Crippen LogP contribution >= 0.6 is 0 Å². The van der Waals surface area contributed by atoms with Crippen molar-refractivity contribution >= 4 is 10.9 Å². The van der Waals surface area contributed by atoms with Crippen molar-refractivity contribution in [2.24, 2.45) is 5.92 Å². The molecule has 0 unspecified atom stereocenters. The summed E-state index contributed by atoms with van der Waals surface area (Å²) in [6, 6.07) is 14.3. The van der Waals surface area contributed by atoms with Crippen LogP contribution in [0.4, 0.5) is 0 Å². The number of rotatable bonds is 6. The van der Waals surface area contributed by atoms with Crippen LogP contribution in [0.15, 0.2) is 48.7 Å². The van der Waals surface area contributed by atoms with Crippen LogP contribution in [-0.2, 0) is 6.54 Å². The maximum absolute atomic E-state index is 5.95. The van der Waals surface area contributed by atoms with Gasteiger partial charge in [-0.2, -0.15) is 5.10 Å². The predicted molar refractivity (Wildman–Crippen MR) is 101 cm³/mol. The minimum absolute atomic E-state index is 0.831. The lowest BCUT2D eigenvalue weighted by atomic mass is 9.89. The molecule has 25 heavy (non-hydrogen) atoms. The van der Waals surface area contributed by atoms with Gasteiger partial charge in [-0.15, -0.1) is 0 Å². The number of benzene rings is 2. The van der Waals surface area contributed by atoms with Crippen LogP contribution in [0.25, 0.3) is 10.9 Å². The largest absolute Gasteiger partial charge is 0.457 e. The molecule has 0 atom stereocenters. The van der Waals surface area contributed by atoms with Crippen LogP contribution in [-0.4, -0.2) is 16.7 Å². The first-order valence-corrected chi connectivity index (χ1v) is 9.27. The predicted octanol–water partition coefficient (Wildman–Crippen LogP) is 5.03. The number of nitrogens with one attached hydrogen (secondary N) is 2.